The van der Waals surface area contributed by atoms with Crippen molar-refractivity contribution in [2.75, 3.05) is 12.4 Å². The summed E-state index contributed by atoms with van der Waals surface area (Å²) < 4.78 is 4.74. The molecule has 0 saturated carbocycles. The largest absolute Gasteiger partial charge is 0.465 e. The number of nitrogens with zero attached hydrogens (tertiary/aromatic N) is 2. The van der Waals surface area contributed by atoms with Gasteiger partial charge < -0.3 is 10.1 Å². The first-order valence-corrected chi connectivity index (χ1v) is 7.31. The molecule has 0 fully saturated rings. The number of hydrogen-bond acceptors (Lipinski definition) is 5. The molecule has 0 bridgehead atoms. The molecule has 1 heterocycles. The number of rotatable bonds is 3. The summed E-state index contributed by atoms with van der Waals surface area (Å²) in [6, 6.07) is 12.4. The summed E-state index contributed by atoms with van der Waals surface area (Å²) >= 11 is 0. The van der Waals surface area contributed by atoms with E-state index < -0.39 is 11.9 Å². The van der Waals surface area contributed by atoms with Crippen molar-refractivity contribution in [2.24, 2.45) is 0 Å². The minimum atomic E-state index is -0.450. The van der Waals surface area contributed by atoms with E-state index in [9.17, 15) is 9.59 Å². The van der Waals surface area contributed by atoms with Crippen LogP contribution in [0, 0.1) is 6.92 Å². The van der Waals surface area contributed by atoms with E-state index in [1.54, 1.807) is 31.2 Å². The maximum Gasteiger partial charge on any atom is 0.338 e. The zero-order valence-corrected chi connectivity index (χ0v) is 13.2. The lowest BCUT2D eigenvalue weighted by molar-refractivity contribution is 0.0599. The first kappa shape index (κ1) is 15.6. The summed E-state index contributed by atoms with van der Waals surface area (Å²) in [6.45, 7) is 1.74. The molecular formula is C18H15N3O3. The van der Waals surface area contributed by atoms with Crippen LogP contribution >= 0.6 is 0 Å². The Morgan fingerprint density at radius 3 is 2.54 bits per heavy atom. The molecule has 1 N–H and O–H groups in total. The fraction of sp³-hybridized carbons (Fsp3) is 0.111. The first-order chi connectivity index (χ1) is 11.6. The number of aromatic nitrogens is 2. The normalized spacial score (nSPS) is 10.4. The SMILES string of the molecule is COC(=O)c1cccc(NC(=O)c2cnc3ccccc3n2)c1C. The Morgan fingerprint density at radius 2 is 1.79 bits per heavy atom. The van der Waals surface area contributed by atoms with Crippen molar-refractivity contribution in [1.82, 2.24) is 9.97 Å². The molecule has 0 spiro atoms. The van der Waals surface area contributed by atoms with Gasteiger partial charge in [-0.15, -0.1) is 0 Å². The molecule has 6 nitrogen and oxygen atoms in total. The Labute approximate surface area is 138 Å². The average molecular weight is 321 g/mol. The van der Waals surface area contributed by atoms with E-state index in [0.29, 0.717) is 22.3 Å². The van der Waals surface area contributed by atoms with Gasteiger partial charge in [-0.1, -0.05) is 18.2 Å². The number of para-hydroxylation sites is 2. The van der Waals surface area contributed by atoms with E-state index in [4.69, 9.17) is 4.74 Å². The number of hydrogen-bond donors (Lipinski definition) is 1. The monoisotopic (exact) mass is 321 g/mol. The van der Waals surface area contributed by atoms with Crippen molar-refractivity contribution in [3.63, 3.8) is 0 Å². The minimum absolute atomic E-state index is 0.205. The lowest BCUT2D eigenvalue weighted by atomic mass is 10.1. The summed E-state index contributed by atoms with van der Waals surface area (Å²) in [4.78, 5) is 32.7. The van der Waals surface area contributed by atoms with Gasteiger partial charge in [-0.3, -0.25) is 9.78 Å². The van der Waals surface area contributed by atoms with Crippen LogP contribution in [0.25, 0.3) is 11.0 Å². The van der Waals surface area contributed by atoms with Crippen molar-refractivity contribution in [2.45, 2.75) is 6.92 Å². The maximum atomic E-state index is 12.4. The van der Waals surface area contributed by atoms with Crippen LogP contribution in [-0.2, 0) is 4.74 Å². The van der Waals surface area contributed by atoms with Gasteiger partial charge in [0.1, 0.15) is 5.69 Å². The number of anilines is 1. The smallest absolute Gasteiger partial charge is 0.338 e. The van der Waals surface area contributed by atoms with Gasteiger partial charge in [0.2, 0.25) is 0 Å². The number of amides is 1. The van der Waals surface area contributed by atoms with Gasteiger partial charge in [0, 0.05) is 5.69 Å². The molecule has 120 valence electrons. The number of carbonyl (C=O) groups excluding carboxylic acids is 2. The Kier molecular flexibility index (Phi) is 4.20. The standard InChI is InChI=1S/C18H15N3O3/c1-11-12(18(23)24-2)6-5-9-13(11)21-17(22)16-10-19-14-7-3-4-8-15(14)20-16/h3-10H,1-2H3,(H,21,22). The number of fused-ring (bicyclic) bond motifs is 1. The molecule has 0 atom stereocenters. The molecule has 24 heavy (non-hydrogen) atoms. The molecule has 0 aliphatic carbocycles. The second-order valence-electron chi connectivity index (χ2n) is 5.17. The van der Waals surface area contributed by atoms with Gasteiger partial charge in [0.15, 0.2) is 0 Å². The van der Waals surface area contributed by atoms with Crippen LogP contribution < -0.4 is 5.32 Å². The van der Waals surface area contributed by atoms with E-state index in [0.717, 1.165) is 5.52 Å². The third kappa shape index (κ3) is 2.94. The summed E-state index contributed by atoms with van der Waals surface area (Å²) in [5, 5.41) is 2.76. The highest BCUT2D eigenvalue weighted by molar-refractivity contribution is 6.05. The quantitative estimate of drug-likeness (QED) is 0.750. The van der Waals surface area contributed by atoms with E-state index >= 15 is 0 Å². The summed E-state index contributed by atoms with van der Waals surface area (Å²) in [5.41, 5.74) is 3.13. The van der Waals surface area contributed by atoms with E-state index in [1.165, 1.54) is 13.3 Å². The zero-order chi connectivity index (χ0) is 17.1. The van der Waals surface area contributed by atoms with Gasteiger partial charge in [0.05, 0.1) is 29.9 Å². The third-order valence-electron chi connectivity index (χ3n) is 3.67. The van der Waals surface area contributed by atoms with Crippen LogP contribution in [0.5, 0.6) is 0 Å². The molecule has 0 aliphatic heterocycles. The highest BCUT2D eigenvalue weighted by Crippen LogP contribution is 2.20. The van der Waals surface area contributed by atoms with E-state index in [1.807, 2.05) is 18.2 Å². The van der Waals surface area contributed by atoms with Crippen LogP contribution in [0.1, 0.15) is 26.4 Å². The lowest BCUT2D eigenvalue weighted by Crippen LogP contribution is -2.16. The minimum Gasteiger partial charge on any atom is -0.465 e. The summed E-state index contributed by atoms with van der Waals surface area (Å²) in [5.74, 6) is -0.840. The topological polar surface area (TPSA) is 81.2 Å². The van der Waals surface area contributed by atoms with Crippen LogP contribution in [0.15, 0.2) is 48.7 Å². The third-order valence-corrected chi connectivity index (χ3v) is 3.67. The summed E-state index contributed by atoms with van der Waals surface area (Å²) in [7, 11) is 1.32. The molecule has 3 aromatic rings. The molecule has 0 radical (unpaired) electrons. The number of nitrogens with one attached hydrogen (secondary N) is 1. The van der Waals surface area contributed by atoms with Gasteiger partial charge in [-0.05, 0) is 36.8 Å². The van der Waals surface area contributed by atoms with Gasteiger partial charge >= 0.3 is 5.97 Å². The van der Waals surface area contributed by atoms with Gasteiger partial charge in [-0.25, -0.2) is 9.78 Å². The lowest BCUT2D eigenvalue weighted by Gasteiger charge is -2.11. The second kappa shape index (κ2) is 6.45. The Balaban J connectivity index is 1.90. The fourth-order valence-corrected chi connectivity index (χ4v) is 2.36. The maximum absolute atomic E-state index is 12.4. The van der Waals surface area contributed by atoms with Crippen molar-refractivity contribution in [1.29, 1.82) is 0 Å². The molecule has 2 aromatic carbocycles. The Morgan fingerprint density at radius 1 is 1.04 bits per heavy atom. The van der Waals surface area contributed by atoms with E-state index in [2.05, 4.69) is 15.3 Å². The highest BCUT2D eigenvalue weighted by Gasteiger charge is 2.15. The van der Waals surface area contributed by atoms with Crippen molar-refractivity contribution in [3.05, 3.63) is 65.5 Å². The zero-order valence-electron chi connectivity index (χ0n) is 13.2. The predicted octanol–water partition coefficient (Wildman–Crippen LogP) is 2.98. The van der Waals surface area contributed by atoms with Crippen LogP contribution in [-0.4, -0.2) is 29.0 Å². The first-order valence-electron chi connectivity index (χ1n) is 7.31. The summed E-state index contributed by atoms with van der Waals surface area (Å²) in [6.07, 6.45) is 1.43. The number of ether oxygens (including phenoxy) is 1. The van der Waals surface area contributed by atoms with Gasteiger partial charge in [0.25, 0.3) is 5.91 Å². The fourth-order valence-electron chi connectivity index (χ4n) is 2.36. The highest BCUT2D eigenvalue weighted by atomic mass is 16.5. The molecule has 0 unspecified atom stereocenters. The van der Waals surface area contributed by atoms with Crippen molar-refractivity contribution < 1.29 is 14.3 Å². The predicted molar refractivity (Wildman–Crippen MR) is 90.0 cm³/mol. The van der Waals surface area contributed by atoms with Crippen molar-refractivity contribution >= 4 is 28.6 Å². The molecule has 0 aliphatic rings. The van der Waals surface area contributed by atoms with Crippen molar-refractivity contribution in [3.8, 4) is 0 Å². The average Bonchev–Trinajstić information content (AvgIpc) is 2.62. The number of benzene rings is 2. The van der Waals surface area contributed by atoms with Crippen LogP contribution in [0.2, 0.25) is 0 Å². The Bertz CT molecular complexity index is 938. The number of esters is 1. The van der Waals surface area contributed by atoms with Crippen LogP contribution in [0.4, 0.5) is 5.69 Å². The molecule has 3 rings (SSSR count). The van der Waals surface area contributed by atoms with E-state index in [-0.39, 0.29) is 5.69 Å². The molecule has 1 amide bonds. The number of carbonyl (C=O) groups is 2. The molecular weight excluding hydrogens is 306 g/mol. The molecule has 0 saturated heterocycles. The Hall–Kier alpha value is -3.28. The molecule has 6 heteroatoms. The number of methoxy groups -OCH3 is 1. The molecule has 1 aromatic heterocycles. The van der Waals surface area contributed by atoms with Crippen LogP contribution in [0.3, 0.4) is 0 Å². The van der Waals surface area contributed by atoms with Gasteiger partial charge in [-0.2, -0.15) is 0 Å². The second-order valence-corrected chi connectivity index (χ2v) is 5.17.